The van der Waals surface area contributed by atoms with Gasteiger partial charge in [0, 0.05) is 15.4 Å². The van der Waals surface area contributed by atoms with Crippen LogP contribution in [0.3, 0.4) is 0 Å². The molecule has 3 rings (SSSR count). The van der Waals surface area contributed by atoms with Crippen LogP contribution in [-0.2, 0) is 0 Å². The van der Waals surface area contributed by atoms with E-state index in [1.165, 1.54) is 6.92 Å². The van der Waals surface area contributed by atoms with E-state index in [4.69, 9.17) is 9.47 Å². The quantitative estimate of drug-likeness (QED) is 0.332. The molecule has 0 saturated carbocycles. The molecule has 0 radical (unpaired) electrons. The Kier molecular flexibility index (Phi) is 5.94. The van der Waals surface area contributed by atoms with Crippen molar-refractivity contribution in [2.45, 2.75) is 16.7 Å². The van der Waals surface area contributed by atoms with Gasteiger partial charge in [-0.3, -0.25) is 4.79 Å². The summed E-state index contributed by atoms with van der Waals surface area (Å²) in [6.07, 6.45) is 0. The Morgan fingerprint density at radius 3 is 1.67 bits per heavy atom. The van der Waals surface area contributed by atoms with E-state index in [1.54, 1.807) is 55.3 Å². The van der Waals surface area contributed by atoms with Crippen molar-refractivity contribution in [1.82, 2.24) is 0 Å². The van der Waals surface area contributed by atoms with Crippen molar-refractivity contribution in [2.75, 3.05) is 7.11 Å². The van der Waals surface area contributed by atoms with E-state index >= 15 is 0 Å². The largest absolute Gasteiger partial charge is 0.497 e. The van der Waals surface area contributed by atoms with E-state index in [1.807, 2.05) is 36.4 Å². The number of Topliss-reactive ketones (excluding diaryl/α,β-unsaturated/α-hetero) is 1. The fourth-order valence-corrected chi connectivity index (χ4v) is 3.18. The number of methoxy groups -OCH3 is 1. The fraction of sp³-hybridized carbons (Fsp3) is 0.0909. The summed E-state index contributed by atoms with van der Waals surface area (Å²) in [5.74, 6) is 0.785. The lowest BCUT2D eigenvalue weighted by Crippen LogP contribution is -2.08. The van der Waals surface area contributed by atoms with Crippen molar-refractivity contribution in [1.29, 1.82) is 0 Å². The smallest absolute Gasteiger partial charge is 0.343 e. The zero-order valence-corrected chi connectivity index (χ0v) is 15.8. The van der Waals surface area contributed by atoms with Gasteiger partial charge in [-0.25, -0.2) is 4.79 Å². The Bertz CT molecular complexity index is 930. The number of hydrogen-bond acceptors (Lipinski definition) is 5. The molecule has 0 aliphatic heterocycles. The monoisotopic (exact) mass is 378 g/mol. The maximum atomic E-state index is 12.2. The van der Waals surface area contributed by atoms with Crippen molar-refractivity contribution in [3.05, 3.63) is 83.9 Å². The minimum atomic E-state index is -0.458. The average Bonchev–Trinajstić information content (AvgIpc) is 2.70. The van der Waals surface area contributed by atoms with Crippen LogP contribution in [0.15, 0.2) is 82.6 Å². The molecule has 4 nitrogen and oxygen atoms in total. The van der Waals surface area contributed by atoms with Gasteiger partial charge in [-0.05, 0) is 67.6 Å². The van der Waals surface area contributed by atoms with Crippen molar-refractivity contribution < 1.29 is 19.1 Å². The summed E-state index contributed by atoms with van der Waals surface area (Å²) < 4.78 is 10.5. The van der Waals surface area contributed by atoms with Crippen LogP contribution in [0.5, 0.6) is 11.5 Å². The van der Waals surface area contributed by atoms with Crippen LogP contribution < -0.4 is 9.47 Å². The van der Waals surface area contributed by atoms with Crippen LogP contribution in [0.2, 0.25) is 0 Å². The first-order valence-corrected chi connectivity index (χ1v) is 9.12. The predicted molar refractivity (Wildman–Crippen MR) is 105 cm³/mol. The third kappa shape index (κ3) is 4.99. The van der Waals surface area contributed by atoms with E-state index < -0.39 is 5.97 Å². The van der Waals surface area contributed by atoms with Crippen molar-refractivity contribution >= 4 is 23.5 Å². The van der Waals surface area contributed by atoms with E-state index in [0.29, 0.717) is 16.9 Å². The van der Waals surface area contributed by atoms with Crippen LogP contribution in [0.25, 0.3) is 0 Å². The van der Waals surface area contributed by atoms with Crippen molar-refractivity contribution in [2.24, 2.45) is 0 Å². The standard InChI is InChI=1S/C22H18O4S/c1-15(23)16-3-5-17(6-4-16)22(24)26-19-9-13-21(14-10-19)27-20-11-7-18(25-2)8-12-20/h3-14H,1-2H3. The third-order valence-electron chi connectivity index (χ3n) is 3.86. The molecule has 0 unspecified atom stereocenters. The molecule has 27 heavy (non-hydrogen) atoms. The Morgan fingerprint density at radius 1 is 0.704 bits per heavy atom. The minimum absolute atomic E-state index is 0.0418. The highest BCUT2D eigenvalue weighted by Gasteiger charge is 2.10. The first kappa shape index (κ1) is 18.7. The molecule has 0 aliphatic carbocycles. The summed E-state index contributed by atoms with van der Waals surface area (Å²) >= 11 is 1.61. The highest BCUT2D eigenvalue weighted by atomic mass is 32.2. The molecular weight excluding hydrogens is 360 g/mol. The molecule has 5 heteroatoms. The van der Waals surface area contributed by atoms with E-state index in [9.17, 15) is 9.59 Å². The SMILES string of the molecule is COc1ccc(Sc2ccc(OC(=O)c3ccc(C(C)=O)cc3)cc2)cc1. The summed E-state index contributed by atoms with van der Waals surface area (Å²) in [4.78, 5) is 25.6. The predicted octanol–water partition coefficient (Wildman–Crippen LogP) is 5.27. The first-order chi connectivity index (χ1) is 13.0. The number of benzene rings is 3. The zero-order chi connectivity index (χ0) is 19.2. The summed E-state index contributed by atoms with van der Waals surface area (Å²) in [6, 6.07) is 21.5. The first-order valence-electron chi connectivity index (χ1n) is 8.30. The molecule has 3 aromatic carbocycles. The zero-order valence-electron chi connectivity index (χ0n) is 15.0. The highest BCUT2D eigenvalue weighted by molar-refractivity contribution is 7.99. The fourth-order valence-electron chi connectivity index (χ4n) is 2.36. The van der Waals surface area contributed by atoms with E-state index in [2.05, 4.69) is 0 Å². The molecule has 0 bridgehead atoms. The Labute approximate surface area is 162 Å². The molecule has 3 aromatic rings. The molecule has 0 aromatic heterocycles. The van der Waals surface area contributed by atoms with Crippen LogP contribution in [0.4, 0.5) is 0 Å². The lowest BCUT2D eigenvalue weighted by molar-refractivity contribution is 0.0734. The number of carbonyl (C=O) groups is 2. The second kappa shape index (κ2) is 8.56. The molecule has 0 spiro atoms. The average molecular weight is 378 g/mol. The van der Waals surface area contributed by atoms with Gasteiger partial charge < -0.3 is 9.47 Å². The molecule has 0 saturated heterocycles. The summed E-state index contributed by atoms with van der Waals surface area (Å²) in [7, 11) is 1.64. The molecular formula is C22H18O4S. The maximum Gasteiger partial charge on any atom is 0.343 e. The Balaban J connectivity index is 1.62. The van der Waals surface area contributed by atoms with Crippen LogP contribution in [0, 0.1) is 0 Å². The molecule has 0 heterocycles. The molecule has 0 amide bonds. The summed E-state index contributed by atoms with van der Waals surface area (Å²) in [5, 5.41) is 0. The third-order valence-corrected chi connectivity index (χ3v) is 4.87. The molecule has 0 aliphatic rings. The summed E-state index contributed by atoms with van der Waals surface area (Å²) in [5.41, 5.74) is 0.961. The number of rotatable bonds is 6. The lowest BCUT2D eigenvalue weighted by atomic mass is 10.1. The van der Waals surface area contributed by atoms with Crippen LogP contribution in [0.1, 0.15) is 27.6 Å². The number of hydrogen-bond donors (Lipinski definition) is 0. The van der Waals surface area contributed by atoms with Crippen molar-refractivity contribution in [3.63, 3.8) is 0 Å². The second-order valence-electron chi connectivity index (χ2n) is 5.77. The van der Waals surface area contributed by atoms with Gasteiger partial charge in [0.05, 0.1) is 12.7 Å². The van der Waals surface area contributed by atoms with Gasteiger partial charge >= 0.3 is 5.97 Å². The van der Waals surface area contributed by atoms with Gasteiger partial charge in [0.25, 0.3) is 0 Å². The van der Waals surface area contributed by atoms with E-state index in [-0.39, 0.29) is 5.78 Å². The number of carbonyl (C=O) groups excluding carboxylic acids is 2. The van der Waals surface area contributed by atoms with Gasteiger partial charge in [-0.15, -0.1) is 0 Å². The molecule has 0 N–H and O–H groups in total. The maximum absolute atomic E-state index is 12.2. The van der Waals surface area contributed by atoms with Gasteiger partial charge in [0.15, 0.2) is 5.78 Å². The van der Waals surface area contributed by atoms with E-state index in [0.717, 1.165) is 15.5 Å². The molecule has 0 atom stereocenters. The summed E-state index contributed by atoms with van der Waals surface area (Å²) in [6.45, 7) is 1.48. The lowest BCUT2D eigenvalue weighted by Gasteiger charge is -2.07. The second-order valence-corrected chi connectivity index (χ2v) is 6.92. The van der Waals surface area contributed by atoms with Gasteiger partial charge in [-0.1, -0.05) is 23.9 Å². The number of ether oxygens (including phenoxy) is 2. The van der Waals surface area contributed by atoms with Gasteiger partial charge in [0.2, 0.25) is 0 Å². The molecule has 0 fully saturated rings. The normalized spacial score (nSPS) is 10.3. The minimum Gasteiger partial charge on any atom is -0.497 e. The number of ketones is 1. The van der Waals surface area contributed by atoms with Gasteiger partial charge in [-0.2, -0.15) is 0 Å². The molecule has 136 valence electrons. The van der Waals surface area contributed by atoms with Crippen LogP contribution in [-0.4, -0.2) is 18.9 Å². The Hall–Kier alpha value is -3.05. The Morgan fingerprint density at radius 2 is 1.19 bits per heavy atom. The van der Waals surface area contributed by atoms with Crippen molar-refractivity contribution in [3.8, 4) is 11.5 Å². The van der Waals surface area contributed by atoms with Crippen LogP contribution >= 0.6 is 11.8 Å². The van der Waals surface area contributed by atoms with Gasteiger partial charge in [0.1, 0.15) is 11.5 Å². The topological polar surface area (TPSA) is 52.6 Å². The highest BCUT2D eigenvalue weighted by Crippen LogP contribution is 2.30. The number of esters is 1.